The average Bonchev–Trinajstić information content (AvgIpc) is 2.99. The topological polar surface area (TPSA) is 68.0 Å². The lowest BCUT2D eigenvalue weighted by molar-refractivity contribution is 0.0689. The summed E-state index contributed by atoms with van der Waals surface area (Å²) >= 11 is 1.48. The van der Waals surface area contributed by atoms with Crippen LogP contribution in [0, 0.1) is 5.82 Å². The van der Waals surface area contributed by atoms with Crippen LogP contribution in [0.1, 0.15) is 16.2 Å². The summed E-state index contributed by atoms with van der Waals surface area (Å²) in [5, 5.41) is 16.9. The second-order valence-electron chi connectivity index (χ2n) is 4.68. The maximum Gasteiger partial charge on any atom is 0.358 e. The summed E-state index contributed by atoms with van der Waals surface area (Å²) in [6.45, 7) is 0. The predicted molar refractivity (Wildman–Crippen MR) is 84.3 cm³/mol. The number of aromatic nitrogens is 3. The largest absolute Gasteiger partial charge is 0.476 e. The Morgan fingerprint density at radius 1 is 1.13 bits per heavy atom. The first-order chi connectivity index (χ1) is 11.1. The predicted octanol–water partition coefficient (Wildman–Crippen LogP) is 3.40. The molecule has 0 radical (unpaired) electrons. The molecule has 0 amide bonds. The van der Waals surface area contributed by atoms with Crippen molar-refractivity contribution in [3.63, 3.8) is 0 Å². The summed E-state index contributed by atoms with van der Waals surface area (Å²) < 4.78 is 14.5. The van der Waals surface area contributed by atoms with Gasteiger partial charge in [-0.05, 0) is 36.4 Å². The highest BCUT2D eigenvalue weighted by molar-refractivity contribution is 7.98. The zero-order valence-corrected chi connectivity index (χ0v) is 12.7. The van der Waals surface area contributed by atoms with Crippen LogP contribution >= 0.6 is 11.8 Å². The molecule has 0 saturated heterocycles. The third-order valence-electron chi connectivity index (χ3n) is 3.16. The molecule has 0 fully saturated rings. The second-order valence-corrected chi connectivity index (χ2v) is 5.73. The Kier molecular flexibility index (Phi) is 4.38. The summed E-state index contributed by atoms with van der Waals surface area (Å²) in [5.74, 6) is -1.12. The van der Waals surface area contributed by atoms with E-state index in [1.54, 1.807) is 0 Å². The molecule has 0 unspecified atom stereocenters. The standard InChI is InChI=1S/C16H12FN3O2S/c17-11-6-8-12(9-7-11)20-14(15(16(21)22)18-19-20)10-23-13-4-2-1-3-5-13/h1-9H,10H2,(H,21,22). The molecule has 1 heterocycles. The number of carboxylic acid groups (broad SMARTS) is 1. The van der Waals surface area contributed by atoms with E-state index in [1.807, 2.05) is 30.3 Å². The van der Waals surface area contributed by atoms with Gasteiger partial charge in [0.2, 0.25) is 0 Å². The number of benzene rings is 2. The van der Waals surface area contributed by atoms with E-state index < -0.39 is 5.97 Å². The van der Waals surface area contributed by atoms with Crippen molar-refractivity contribution >= 4 is 17.7 Å². The van der Waals surface area contributed by atoms with E-state index in [1.165, 1.54) is 40.7 Å². The molecule has 3 rings (SSSR count). The lowest BCUT2D eigenvalue weighted by atomic mass is 10.3. The van der Waals surface area contributed by atoms with Gasteiger partial charge in [-0.15, -0.1) is 16.9 Å². The van der Waals surface area contributed by atoms with Gasteiger partial charge < -0.3 is 5.11 Å². The summed E-state index contributed by atoms with van der Waals surface area (Å²) in [5.41, 5.74) is 0.922. The van der Waals surface area contributed by atoms with E-state index in [-0.39, 0.29) is 11.5 Å². The number of carboxylic acids is 1. The number of rotatable bonds is 5. The van der Waals surface area contributed by atoms with Gasteiger partial charge in [-0.2, -0.15) is 0 Å². The summed E-state index contributed by atoms with van der Waals surface area (Å²) in [6.07, 6.45) is 0. The summed E-state index contributed by atoms with van der Waals surface area (Å²) in [6, 6.07) is 15.3. The Hall–Kier alpha value is -2.67. The first kappa shape index (κ1) is 15.2. The molecule has 0 saturated carbocycles. The monoisotopic (exact) mass is 329 g/mol. The minimum Gasteiger partial charge on any atom is -0.476 e. The highest BCUT2D eigenvalue weighted by Gasteiger charge is 2.20. The molecular formula is C16H12FN3O2S. The van der Waals surface area contributed by atoms with Crippen molar-refractivity contribution in [1.29, 1.82) is 0 Å². The summed E-state index contributed by atoms with van der Waals surface area (Å²) in [4.78, 5) is 12.4. The van der Waals surface area contributed by atoms with Gasteiger partial charge in [0.25, 0.3) is 0 Å². The molecular weight excluding hydrogens is 317 g/mol. The molecule has 2 aromatic carbocycles. The molecule has 0 spiro atoms. The van der Waals surface area contributed by atoms with Gasteiger partial charge in [-0.1, -0.05) is 23.4 Å². The average molecular weight is 329 g/mol. The van der Waals surface area contributed by atoms with Crippen molar-refractivity contribution in [3.05, 3.63) is 71.8 Å². The van der Waals surface area contributed by atoms with Gasteiger partial charge >= 0.3 is 5.97 Å². The van der Waals surface area contributed by atoms with Crippen LogP contribution in [0.3, 0.4) is 0 Å². The second kappa shape index (κ2) is 6.62. The molecule has 0 aliphatic heterocycles. The molecule has 0 bridgehead atoms. The maximum atomic E-state index is 13.1. The third kappa shape index (κ3) is 3.40. The molecule has 0 atom stereocenters. The minimum atomic E-state index is -1.14. The van der Waals surface area contributed by atoms with E-state index in [0.29, 0.717) is 17.1 Å². The van der Waals surface area contributed by atoms with E-state index in [4.69, 9.17) is 0 Å². The number of halogens is 1. The third-order valence-corrected chi connectivity index (χ3v) is 4.18. The van der Waals surface area contributed by atoms with E-state index in [2.05, 4.69) is 10.3 Å². The van der Waals surface area contributed by atoms with E-state index >= 15 is 0 Å². The molecule has 7 heteroatoms. The molecule has 0 aliphatic rings. The van der Waals surface area contributed by atoms with Gasteiger partial charge in [0.05, 0.1) is 11.4 Å². The van der Waals surface area contributed by atoms with Gasteiger partial charge in [-0.3, -0.25) is 0 Å². The van der Waals surface area contributed by atoms with Crippen LogP contribution < -0.4 is 0 Å². The van der Waals surface area contributed by atoms with E-state index in [0.717, 1.165) is 4.90 Å². The highest BCUT2D eigenvalue weighted by Crippen LogP contribution is 2.25. The van der Waals surface area contributed by atoms with Crippen LogP contribution in [-0.4, -0.2) is 26.1 Å². The van der Waals surface area contributed by atoms with Crippen LogP contribution in [-0.2, 0) is 5.75 Å². The Balaban J connectivity index is 1.94. The zero-order chi connectivity index (χ0) is 16.2. The van der Waals surface area contributed by atoms with Crippen LogP contribution in [0.15, 0.2) is 59.5 Å². The van der Waals surface area contributed by atoms with E-state index in [9.17, 15) is 14.3 Å². The number of carbonyl (C=O) groups is 1. The molecule has 1 aromatic heterocycles. The number of aromatic carboxylic acids is 1. The van der Waals surface area contributed by atoms with Crippen LogP contribution in [0.5, 0.6) is 0 Å². The lowest BCUT2D eigenvalue weighted by Crippen LogP contribution is -2.06. The fraction of sp³-hybridized carbons (Fsp3) is 0.0625. The Bertz CT molecular complexity index is 819. The van der Waals surface area contributed by atoms with Crippen LogP contribution in [0.4, 0.5) is 4.39 Å². The zero-order valence-electron chi connectivity index (χ0n) is 11.9. The SMILES string of the molecule is O=C(O)c1nnn(-c2ccc(F)cc2)c1CSc1ccccc1. The Morgan fingerprint density at radius 2 is 1.83 bits per heavy atom. The van der Waals surface area contributed by atoms with Gasteiger partial charge in [0, 0.05) is 10.6 Å². The van der Waals surface area contributed by atoms with Crippen LogP contribution in [0.2, 0.25) is 0 Å². The molecule has 5 nitrogen and oxygen atoms in total. The van der Waals surface area contributed by atoms with Gasteiger partial charge in [0.15, 0.2) is 5.69 Å². The minimum absolute atomic E-state index is 0.0993. The number of hydrogen-bond donors (Lipinski definition) is 1. The molecule has 0 aliphatic carbocycles. The highest BCUT2D eigenvalue weighted by atomic mass is 32.2. The quantitative estimate of drug-likeness (QED) is 0.727. The van der Waals surface area contributed by atoms with Crippen LogP contribution in [0.25, 0.3) is 5.69 Å². The molecule has 3 aromatic rings. The first-order valence-electron chi connectivity index (χ1n) is 6.77. The molecule has 1 N–H and O–H groups in total. The lowest BCUT2D eigenvalue weighted by Gasteiger charge is -2.07. The fourth-order valence-corrected chi connectivity index (χ4v) is 2.97. The maximum absolute atomic E-state index is 13.1. The molecule has 23 heavy (non-hydrogen) atoms. The molecule has 116 valence electrons. The fourth-order valence-electron chi connectivity index (χ4n) is 2.06. The number of hydrogen-bond acceptors (Lipinski definition) is 4. The number of nitrogens with zero attached hydrogens (tertiary/aromatic N) is 3. The summed E-state index contributed by atoms with van der Waals surface area (Å²) in [7, 11) is 0. The van der Waals surface area contributed by atoms with Gasteiger partial charge in [0.1, 0.15) is 5.82 Å². The Morgan fingerprint density at radius 3 is 2.48 bits per heavy atom. The first-order valence-corrected chi connectivity index (χ1v) is 7.75. The number of thioether (sulfide) groups is 1. The van der Waals surface area contributed by atoms with Gasteiger partial charge in [-0.25, -0.2) is 13.9 Å². The van der Waals surface area contributed by atoms with Crippen molar-refractivity contribution in [2.24, 2.45) is 0 Å². The normalized spacial score (nSPS) is 10.7. The van der Waals surface area contributed by atoms with Crippen molar-refractivity contribution in [3.8, 4) is 5.69 Å². The van der Waals surface area contributed by atoms with Crippen molar-refractivity contribution in [1.82, 2.24) is 15.0 Å². The van der Waals surface area contributed by atoms with Crippen molar-refractivity contribution in [2.45, 2.75) is 10.6 Å². The smallest absolute Gasteiger partial charge is 0.358 e. The van der Waals surface area contributed by atoms with Crippen molar-refractivity contribution in [2.75, 3.05) is 0 Å². The Labute approximate surface area is 135 Å². The van der Waals surface area contributed by atoms with Crippen molar-refractivity contribution < 1.29 is 14.3 Å².